The Balaban J connectivity index is 3.07. The molecule has 1 rings (SSSR count). The number of carboxylic acid groups (broad SMARTS) is 1. The lowest BCUT2D eigenvalue weighted by Gasteiger charge is -2.17. The summed E-state index contributed by atoms with van der Waals surface area (Å²) in [6.45, 7) is 4.79. The number of thiophene rings is 1. The highest BCUT2D eigenvalue weighted by molar-refractivity contribution is 7.91. The van der Waals surface area contributed by atoms with Gasteiger partial charge in [-0.05, 0) is 18.6 Å². The van der Waals surface area contributed by atoms with Gasteiger partial charge in [-0.15, -0.1) is 17.9 Å². The van der Waals surface area contributed by atoms with Crippen LogP contribution in [0, 0.1) is 0 Å². The number of aliphatic carboxylic acids is 1. The fraction of sp³-hybridized carbons (Fsp3) is 0.364. The first-order valence-corrected chi connectivity index (χ1v) is 7.59. The smallest absolute Gasteiger partial charge is 0.318 e. The van der Waals surface area contributed by atoms with Crippen molar-refractivity contribution in [3.8, 4) is 0 Å². The van der Waals surface area contributed by atoms with Crippen LogP contribution in [0.25, 0.3) is 0 Å². The van der Waals surface area contributed by atoms with Gasteiger partial charge in [-0.3, -0.25) is 4.79 Å². The predicted octanol–water partition coefficient (Wildman–Crippen LogP) is 1.57. The van der Waals surface area contributed by atoms with E-state index in [1.807, 2.05) is 6.92 Å². The van der Waals surface area contributed by atoms with Crippen LogP contribution in [0.15, 0.2) is 29.0 Å². The van der Waals surface area contributed by atoms with Crippen LogP contribution in [-0.4, -0.2) is 36.9 Å². The van der Waals surface area contributed by atoms with Crippen molar-refractivity contribution in [3.63, 3.8) is 0 Å². The molecule has 5 nitrogen and oxygen atoms in total. The molecule has 0 bridgehead atoms. The molecule has 0 radical (unpaired) electrons. The van der Waals surface area contributed by atoms with E-state index < -0.39 is 22.5 Å². The molecular weight excluding hydrogens is 274 g/mol. The molecule has 0 aliphatic heterocycles. The highest BCUT2D eigenvalue weighted by atomic mass is 32.2. The van der Waals surface area contributed by atoms with Crippen LogP contribution in [0.3, 0.4) is 0 Å². The van der Waals surface area contributed by atoms with Crippen LogP contribution in [0.4, 0.5) is 0 Å². The van der Waals surface area contributed by atoms with Crippen molar-refractivity contribution < 1.29 is 18.3 Å². The van der Waals surface area contributed by atoms with Crippen molar-refractivity contribution in [3.05, 3.63) is 29.7 Å². The van der Waals surface area contributed by atoms with E-state index in [1.165, 1.54) is 12.1 Å². The number of rotatable bonds is 7. The zero-order valence-electron chi connectivity index (χ0n) is 10.00. The number of aryl methyl sites for hydroxylation is 1. The molecule has 7 heteroatoms. The minimum Gasteiger partial charge on any atom is -0.480 e. The van der Waals surface area contributed by atoms with Gasteiger partial charge in [0, 0.05) is 11.4 Å². The van der Waals surface area contributed by atoms with Gasteiger partial charge in [0.05, 0.1) is 0 Å². The lowest BCUT2D eigenvalue weighted by molar-refractivity contribution is -0.137. The van der Waals surface area contributed by atoms with Crippen molar-refractivity contribution >= 4 is 27.3 Å². The number of carboxylic acids is 1. The maximum atomic E-state index is 12.2. The SMILES string of the molecule is C=CCN(CC(=O)O)S(=O)(=O)c1ccc(CC)s1. The molecule has 0 saturated heterocycles. The van der Waals surface area contributed by atoms with Gasteiger partial charge in [-0.1, -0.05) is 13.0 Å². The number of hydrogen-bond acceptors (Lipinski definition) is 4. The maximum absolute atomic E-state index is 12.2. The largest absolute Gasteiger partial charge is 0.480 e. The van der Waals surface area contributed by atoms with Gasteiger partial charge >= 0.3 is 5.97 Å². The predicted molar refractivity (Wildman–Crippen MR) is 70.3 cm³/mol. The van der Waals surface area contributed by atoms with E-state index in [4.69, 9.17) is 5.11 Å². The summed E-state index contributed by atoms with van der Waals surface area (Å²) in [5.41, 5.74) is 0. The zero-order chi connectivity index (χ0) is 13.8. The lowest BCUT2D eigenvalue weighted by atomic mass is 10.4. The topological polar surface area (TPSA) is 74.7 Å². The lowest BCUT2D eigenvalue weighted by Crippen LogP contribution is -2.35. The summed E-state index contributed by atoms with van der Waals surface area (Å²) in [6, 6.07) is 3.25. The third-order valence-electron chi connectivity index (χ3n) is 2.22. The molecule has 1 aromatic rings. The van der Waals surface area contributed by atoms with Crippen LogP contribution in [0.5, 0.6) is 0 Å². The number of sulfonamides is 1. The summed E-state index contributed by atoms with van der Waals surface area (Å²) >= 11 is 1.16. The van der Waals surface area contributed by atoms with Gasteiger partial charge in [0.15, 0.2) is 0 Å². The average molecular weight is 289 g/mol. The van der Waals surface area contributed by atoms with E-state index in [1.54, 1.807) is 6.07 Å². The van der Waals surface area contributed by atoms with E-state index >= 15 is 0 Å². The molecule has 1 aromatic heterocycles. The van der Waals surface area contributed by atoms with Gasteiger partial charge in [-0.2, -0.15) is 4.31 Å². The summed E-state index contributed by atoms with van der Waals surface area (Å²) in [5.74, 6) is -1.19. The first kappa shape index (κ1) is 14.9. The Kier molecular flexibility index (Phi) is 5.06. The minimum absolute atomic E-state index is 0.0198. The van der Waals surface area contributed by atoms with E-state index in [-0.39, 0.29) is 10.8 Å². The molecule has 0 aromatic carbocycles. The van der Waals surface area contributed by atoms with Crippen LogP contribution < -0.4 is 0 Å². The van der Waals surface area contributed by atoms with Gasteiger partial charge in [0.1, 0.15) is 10.8 Å². The highest BCUT2D eigenvalue weighted by Gasteiger charge is 2.26. The van der Waals surface area contributed by atoms with Gasteiger partial charge in [-0.25, -0.2) is 8.42 Å². The van der Waals surface area contributed by atoms with Crippen molar-refractivity contribution in [1.29, 1.82) is 0 Å². The molecule has 1 N–H and O–H groups in total. The molecule has 0 fully saturated rings. The van der Waals surface area contributed by atoms with Crippen molar-refractivity contribution in [2.24, 2.45) is 0 Å². The standard InChI is InChI=1S/C11H15NO4S2/c1-3-7-12(8-10(13)14)18(15,16)11-6-5-9(4-2)17-11/h3,5-6H,1,4,7-8H2,2H3,(H,13,14). The van der Waals surface area contributed by atoms with Crippen LogP contribution in [-0.2, 0) is 21.2 Å². The molecule has 0 aliphatic carbocycles. The van der Waals surface area contributed by atoms with E-state index in [0.717, 1.165) is 26.9 Å². The van der Waals surface area contributed by atoms with Gasteiger partial charge in [0.25, 0.3) is 10.0 Å². The quantitative estimate of drug-likeness (QED) is 0.773. The van der Waals surface area contributed by atoms with Gasteiger partial charge < -0.3 is 5.11 Å². The van der Waals surface area contributed by atoms with Gasteiger partial charge in [0.2, 0.25) is 0 Å². The molecule has 0 unspecified atom stereocenters. The fourth-order valence-electron chi connectivity index (χ4n) is 1.36. The Labute approximate surface area is 110 Å². The normalized spacial score (nSPS) is 11.7. The van der Waals surface area contributed by atoms with E-state index in [0.29, 0.717) is 0 Å². The highest BCUT2D eigenvalue weighted by Crippen LogP contribution is 2.25. The Hall–Kier alpha value is -1.18. The number of nitrogens with zero attached hydrogens (tertiary/aromatic N) is 1. The summed E-state index contributed by atoms with van der Waals surface area (Å²) in [7, 11) is -3.75. The molecule has 100 valence electrons. The summed E-state index contributed by atoms with van der Waals surface area (Å²) in [5, 5.41) is 8.74. The second-order valence-corrected chi connectivity index (χ2v) is 6.89. The second-order valence-electron chi connectivity index (χ2n) is 3.55. The first-order valence-electron chi connectivity index (χ1n) is 5.33. The first-order chi connectivity index (χ1) is 8.41. The molecular formula is C11H15NO4S2. The van der Waals surface area contributed by atoms with Crippen molar-refractivity contribution in [2.75, 3.05) is 13.1 Å². The molecule has 0 atom stereocenters. The summed E-state index contributed by atoms with van der Waals surface area (Å²) < 4.78 is 25.5. The fourth-order valence-corrected chi connectivity index (χ4v) is 4.17. The van der Waals surface area contributed by atoms with Crippen LogP contribution in [0.1, 0.15) is 11.8 Å². The number of hydrogen-bond donors (Lipinski definition) is 1. The third-order valence-corrected chi connectivity index (χ3v) is 5.73. The molecule has 0 amide bonds. The maximum Gasteiger partial charge on any atom is 0.318 e. The Morgan fingerprint density at radius 2 is 2.22 bits per heavy atom. The third kappa shape index (κ3) is 3.41. The molecule has 18 heavy (non-hydrogen) atoms. The van der Waals surface area contributed by atoms with Crippen LogP contribution >= 0.6 is 11.3 Å². The monoisotopic (exact) mass is 289 g/mol. The molecule has 0 saturated carbocycles. The molecule has 1 heterocycles. The second kappa shape index (κ2) is 6.12. The van der Waals surface area contributed by atoms with E-state index in [2.05, 4.69) is 6.58 Å². The van der Waals surface area contributed by atoms with Crippen LogP contribution in [0.2, 0.25) is 0 Å². The summed E-state index contributed by atoms with van der Waals surface area (Å²) in [6.07, 6.45) is 2.12. The Morgan fingerprint density at radius 3 is 2.67 bits per heavy atom. The number of carbonyl (C=O) groups is 1. The van der Waals surface area contributed by atoms with Crippen molar-refractivity contribution in [1.82, 2.24) is 4.31 Å². The zero-order valence-corrected chi connectivity index (χ0v) is 11.6. The Bertz CT molecular complexity index is 533. The molecule has 0 spiro atoms. The van der Waals surface area contributed by atoms with Crippen molar-refractivity contribution in [2.45, 2.75) is 17.6 Å². The minimum atomic E-state index is -3.75. The van der Waals surface area contributed by atoms with E-state index in [9.17, 15) is 13.2 Å². The summed E-state index contributed by atoms with van der Waals surface area (Å²) in [4.78, 5) is 11.6. The average Bonchev–Trinajstić information content (AvgIpc) is 2.77. The Morgan fingerprint density at radius 1 is 1.56 bits per heavy atom. The molecule has 0 aliphatic rings.